The first-order valence-corrected chi connectivity index (χ1v) is 8.77. The van der Waals surface area contributed by atoms with Crippen molar-refractivity contribution in [1.82, 2.24) is 33.6 Å². The van der Waals surface area contributed by atoms with E-state index in [0.29, 0.717) is 24.1 Å². The third-order valence-corrected chi connectivity index (χ3v) is 4.69. The van der Waals surface area contributed by atoms with E-state index in [9.17, 15) is 22.8 Å². The number of hydrogen-bond acceptors (Lipinski definition) is 7. The first kappa shape index (κ1) is 19.5. The third kappa shape index (κ3) is 3.17. The van der Waals surface area contributed by atoms with Crippen LogP contribution < -0.4 is 17.0 Å². The van der Waals surface area contributed by atoms with E-state index >= 15 is 0 Å². The number of imidazole rings is 1. The molecular weight excluding hydrogens is 405 g/mol. The van der Waals surface area contributed by atoms with Gasteiger partial charge >= 0.3 is 11.9 Å². The fourth-order valence-electron chi connectivity index (χ4n) is 3.19. The zero-order chi connectivity index (χ0) is 21.6. The average Bonchev–Trinajstić information content (AvgIpc) is 3.12. The molecule has 0 atom stereocenters. The van der Waals surface area contributed by atoms with E-state index in [-0.39, 0.29) is 23.4 Å². The van der Waals surface area contributed by atoms with Gasteiger partial charge in [-0.2, -0.15) is 13.2 Å². The molecular formula is C17H15F3N8O2. The predicted molar refractivity (Wildman–Crippen MR) is 101 cm³/mol. The first-order valence-electron chi connectivity index (χ1n) is 8.77. The lowest BCUT2D eigenvalue weighted by Gasteiger charge is -2.12. The van der Waals surface area contributed by atoms with Gasteiger partial charge in [-0.1, -0.05) is 0 Å². The number of rotatable bonds is 4. The fourth-order valence-corrected chi connectivity index (χ4v) is 3.19. The highest BCUT2D eigenvalue weighted by atomic mass is 19.4. The number of aromatic nitrogens is 7. The molecule has 13 heteroatoms. The minimum Gasteiger partial charge on any atom is -0.382 e. The Morgan fingerprint density at radius 1 is 1.07 bits per heavy atom. The molecule has 2 N–H and O–H groups in total. The van der Waals surface area contributed by atoms with Gasteiger partial charge in [0.2, 0.25) is 0 Å². The van der Waals surface area contributed by atoms with Gasteiger partial charge < -0.3 is 10.3 Å². The summed E-state index contributed by atoms with van der Waals surface area (Å²) in [4.78, 5) is 40.8. The quantitative estimate of drug-likeness (QED) is 0.520. The Bertz CT molecular complexity index is 1390. The van der Waals surface area contributed by atoms with Crippen molar-refractivity contribution < 1.29 is 13.2 Å². The maximum absolute atomic E-state index is 12.9. The van der Waals surface area contributed by atoms with Gasteiger partial charge in [0.05, 0.1) is 11.7 Å². The number of alkyl halides is 3. The number of pyridine rings is 1. The Kier molecular flexibility index (Phi) is 4.51. The maximum atomic E-state index is 12.9. The van der Waals surface area contributed by atoms with E-state index in [4.69, 9.17) is 5.73 Å². The summed E-state index contributed by atoms with van der Waals surface area (Å²) in [7, 11) is 1.27. The summed E-state index contributed by atoms with van der Waals surface area (Å²) in [6.07, 6.45) is -1.48. The molecule has 4 rings (SSSR count). The zero-order valence-corrected chi connectivity index (χ0v) is 15.6. The Morgan fingerprint density at radius 3 is 2.57 bits per heavy atom. The van der Waals surface area contributed by atoms with Crippen LogP contribution in [0.3, 0.4) is 0 Å². The van der Waals surface area contributed by atoms with Gasteiger partial charge in [-0.15, -0.1) is 0 Å². The van der Waals surface area contributed by atoms with Crippen molar-refractivity contribution in [2.45, 2.75) is 25.7 Å². The molecule has 0 aliphatic carbocycles. The largest absolute Gasteiger partial charge is 0.433 e. The molecule has 4 heterocycles. The van der Waals surface area contributed by atoms with Crippen LogP contribution in [-0.2, 0) is 26.3 Å². The van der Waals surface area contributed by atoms with E-state index in [1.807, 2.05) is 0 Å². The second-order valence-corrected chi connectivity index (χ2v) is 6.59. The third-order valence-electron chi connectivity index (χ3n) is 4.69. The van der Waals surface area contributed by atoms with Crippen molar-refractivity contribution in [2.75, 3.05) is 5.73 Å². The molecule has 0 aromatic carbocycles. The van der Waals surface area contributed by atoms with Crippen LogP contribution in [0.2, 0.25) is 0 Å². The van der Waals surface area contributed by atoms with Crippen molar-refractivity contribution in [2.24, 2.45) is 7.05 Å². The van der Waals surface area contributed by atoms with Crippen molar-refractivity contribution in [1.29, 1.82) is 0 Å². The van der Waals surface area contributed by atoms with E-state index in [0.717, 1.165) is 21.3 Å². The topological polar surface area (TPSA) is 127 Å². The van der Waals surface area contributed by atoms with Crippen molar-refractivity contribution in [3.8, 4) is 0 Å². The fraction of sp³-hybridized carbons (Fsp3) is 0.294. The normalized spacial score (nSPS) is 12.1. The van der Waals surface area contributed by atoms with Gasteiger partial charge in [-0.25, -0.2) is 24.7 Å². The van der Waals surface area contributed by atoms with Gasteiger partial charge in [0.25, 0.3) is 5.56 Å². The van der Waals surface area contributed by atoms with Crippen LogP contribution in [0.1, 0.15) is 12.1 Å². The molecule has 0 unspecified atom stereocenters. The number of anilines is 1. The molecule has 4 aromatic heterocycles. The van der Waals surface area contributed by atoms with Gasteiger partial charge in [0.15, 0.2) is 11.5 Å². The zero-order valence-electron chi connectivity index (χ0n) is 15.6. The summed E-state index contributed by atoms with van der Waals surface area (Å²) in [5, 5.41) is -0.0707. The second-order valence-electron chi connectivity index (χ2n) is 6.59. The minimum absolute atomic E-state index is 0.0444. The van der Waals surface area contributed by atoms with Crippen LogP contribution >= 0.6 is 0 Å². The second kappa shape index (κ2) is 6.93. The van der Waals surface area contributed by atoms with Crippen molar-refractivity contribution in [3.05, 3.63) is 51.3 Å². The molecule has 0 radical (unpaired) electrons. The number of nitrogens with two attached hydrogens (primary N) is 1. The van der Waals surface area contributed by atoms with Crippen LogP contribution in [0.25, 0.3) is 22.2 Å². The summed E-state index contributed by atoms with van der Waals surface area (Å²) < 4.78 is 42.3. The van der Waals surface area contributed by atoms with E-state index in [1.54, 1.807) is 4.57 Å². The standard InChI is InChI=1S/C17H15F3N8O2/c1-26-13-9(3-4-10(25-13)17(18,19)20)15(29)28(16(26)30)6-2-5-27-8-24-11-12(21)22-7-23-14(11)27/h3-4,7-8H,2,5-6H2,1H3,(H2,21,22,23). The number of hydrogen-bond donors (Lipinski definition) is 1. The Labute approximate surface area is 165 Å². The minimum atomic E-state index is -4.68. The van der Waals surface area contributed by atoms with Gasteiger partial charge in [0.1, 0.15) is 23.2 Å². The molecule has 0 saturated carbocycles. The molecule has 4 aromatic rings. The predicted octanol–water partition coefficient (Wildman–Crippen LogP) is 0.926. The van der Waals surface area contributed by atoms with E-state index in [1.165, 1.54) is 19.7 Å². The molecule has 0 amide bonds. The van der Waals surface area contributed by atoms with Crippen LogP contribution in [-0.4, -0.2) is 33.6 Å². The smallest absolute Gasteiger partial charge is 0.382 e. The lowest BCUT2D eigenvalue weighted by molar-refractivity contribution is -0.141. The van der Waals surface area contributed by atoms with E-state index in [2.05, 4.69) is 19.9 Å². The molecule has 0 spiro atoms. The summed E-state index contributed by atoms with van der Waals surface area (Å²) in [6.45, 7) is 0.425. The van der Waals surface area contributed by atoms with Crippen LogP contribution in [0.15, 0.2) is 34.4 Å². The van der Waals surface area contributed by atoms with Crippen LogP contribution in [0, 0.1) is 0 Å². The monoisotopic (exact) mass is 420 g/mol. The number of nitrogen functional groups attached to an aromatic ring is 1. The van der Waals surface area contributed by atoms with Gasteiger partial charge in [0, 0.05) is 20.1 Å². The molecule has 156 valence electrons. The lowest BCUT2D eigenvalue weighted by atomic mass is 10.2. The Hall–Kier alpha value is -3.77. The SMILES string of the molecule is Cn1c(=O)n(CCCn2cnc3c(N)ncnc32)c(=O)c2ccc(C(F)(F)F)nc21. The maximum Gasteiger partial charge on any atom is 0.433 e. The number of halogens is 3. The molecule has 0 bridgehead atoms. The highest BCUT2D eigenvalue weighted by Crippen LogP contribution is 2.28. The molecule has 0 aliphatic rings. The van der Waals surface area contributed by atoms with Crippen molar-refractivity contribution in [3.63, 3.8) is 0 Å². The highest BCUT2D eigenvalue weighted by molar-refractivity contribution is 5.81. The van der Waals surface area contributed by atoms with Crippen LogP contribution in [0.4, 0.5) is 19.0 Å². The number of nitrogens with zero attached hydrogens (tertiary/aromatic N) is 7. The first-order chi connectivity index (χ1) is 14.2. The molecule has 0 aliphatic heterocycles. The molecule has 10 nitrogen and oxygen atoms in total. The van der Waals surface area contributed by atoms with E-state index < -0.39 is 23.1 Å². The number of fused-ring (bicyclic) bond motifs is 2. The molecule has 0 saturated heterocycles. The van der Waals surface area contributed by atoms with Crippen LogP contribution in [0.5, 0.6) is 0 Å². The Balaban J connectivity index is 1.65. The average molecular weight is 420 g/mol. The molecule has 0 fully saturated rings. The van der Waals surface area contributed by atoms with Crippen molar-refractivity contribution >= 4 is 28.0 Å². The highest BCUT2D eigenvalue weighted by Gasteiger charge is 2.33. The number of aryl methyl sites for hydroxylation is 2. The Morgan fingerprint density at radius 2 is 1.83 bits per heavy atom. The van der Waals surface area contributed by atoms with Gasteiger partial charge in [-0.3, -0.25) is 13.9 Å². The summed E-state index contributed by atoms with van der Waals surface area (Å²) in [5.74, 6) is 0.240. The lowest BCUT2D eigenvalue weighted by Crippen LogP contribution is -2.39. The molecule has 30 heavy (non-hydrogen) atoms. The van der Waals surface area contributed by atoms with Gasteiger partial charge in [-0.05, 0) is 18.6 Å². The summed E-state index contributed by atoms with van der Waals surface area (Å²) in [6, 6.07) is 1.76. The summed E-state index contributed by atoms with van der Waals surface area (Å²) in [5.41, 5.74) is 3.78. The summed E-state index contributed by atoms with van der Waals surface area (Å²) >= 11 is 0.